The number of benzene rings is 1. The molecule has 1 aromatic carbocycles. The van der Waals surface area contributed by atoms with E-state index in [-0.39, 0.29) is 12.0 Å². The van der Waals surface area contributed by atoms with Crippen LogP contribution in [0.3, 0.4) is 0 Å². The van der Waals surface area contributed by atoms with Gasteiger partial charge in [0.25, 0.3) is 0 Å². The molecule has 2 rings (SSSR count). The minimum absolute atomic E-state index is 0.140. The summed E-state index contributed by atoms with van der Waals surface area (Å²) in [5.41, 5.74) is 7.01. The number of hydrazine groups is 1. The van der Waals surface area contributed by atoms with E-state index in [0.717, 1.165) is 0 Å². The van der Waals surface area contributed by atoms with Crippen molar-refractivity contribution in [3.05, 3.63) is 35.9 Å². The Balaban J connectivity index is 2.25. The first-order valence-electron chi connectivity index (χ1n) is 4.53. The zero-order chi connectivity index (χ0) is 9.26. The van der Waals surface area contributed by atoms with E-state index in [0.29, 0.717) is 0 Å². The average Bonchev–Trinajstić information content (AvgIpc) is 2.48. The van der Waals surface area contributed by atoms with Gasteiger partial charge in [0.05, 0.1) is 0 Å². The molecule has 70 valence electrons. The third kappa shape index (κ3) is 1.58. The minimum atomic E-state index is -0.489. The molecule has 3 atom stereocenters. The summed E-state index contributed by atoms with van der Waals surface area (Å²) >= 11 is 0. The predicted octanol–water partition coefficient (Wildman–Crippen LogP) is 0.585. The van der Waals surface area contributed by atoms with Gasteiger partial charge in [0.2, 0.25) is 0 Å². The number of aliphatic hydroxyl groups excluding tert-OH is 1. The van der Waals surface area contributed by atoms with Gasteiger partial charge < -0.3 is 5.11 Å². The van der Waals surface area contributed by atoms with Crippen molar-refractivity contribution in [3.63, 3.8) is 0 Å². The van der Waals surface area contributed by atoms with E-state index in [1.807, 2.05) is 30.3 Å². The molecule has 0 radical (unpaired) electrons. The van der Waals surface area contributed by atoms with Crippen LogP contribution in [0.4, 0.5) is 0 Å². The van der Waals surface area contributed by atoms with Crippen LogP contribution in [0.15, 0.2) is 30.3 Å². The van der Waals surface area contributed by atoms with Gasteiger partial charge in [-0.05, 0) is 12.5 Å². The van der Waals surface area contributed by atoms with Crippen LogP contribution in [0.1, 0.15) is 18.4 Å². The highest BCUT2D eigenvalue weighted by Gasteiger charge is 2.32. The summed E-state index contributed by atoms with van der Waals surface area (Å²) < 4.78 is 0. The third-order valence-electron chi connectivity index (χ3n) is 2.52. The van der Waals surface area contributed by atoms with Crippen molar-refractivity contribution in [2.45, 2.75) is 25.1 Å². The van der Waals surface area contributed by atoms with Crippen molar-refractivity contribution in [3.8, 4) is 0 Å². The topological polar surface area (TPSA) is 44.3 Å². The lowest BCUT2D eigenvalue weighted by molar-refractivity contribution is 0.136. The van der Waals surface area contributed by atoms with E-state index in [4.69, 9.17) is 0 Å². The van der Waals surface area contributed by atoms with E-state index >= 15 is 0 Å². The van der Waals surface area contributed by atoms with Crippen molar-refractivity contribution in [2.24, 2.45) is 0 Å². The second kappa shape index (κ2) is 3.46. The Kier molecular flexibility index (Phi) is 2.31. The van der Waals surface area contributed by atoms with Crippen molar-refractivity contribution in [2.75, 3.05) is 0 Å². The van der Waals surface area contributed by atoms with Crippen molar-refractivity contribution in [1.82, 2.24) is 10.9 Å². The molecule has 1 aromatic rings. The summed E-state index contributed by atoms with van der Waals surface area (Å²) in [6.45, 7) is 2.06. The summed E-state index contributed by atoms with van der Waals surface area (Å²) in [6, 6.07) is 10.3. The van der Waals surface area contributed by atoms with Crippen LogP contribution < -0.4 is 10.9 Å². The fourth-order valence-electron chi connectivity index (χ4n) is 1.82. The van der Waals surface area contributed by atoms with E-state index in [9.17, 15) is 5.11 Å². The second-order valence-corrected chi connectivity index (χ2v) is 3.46. The zero-order valence-electron chi connectivity index (χ0n) is 7.57. The quantitative estimate of drug-likeness (QED) is 0.589. The second-order valence-electron chi connectivity index (χ2n) is 3.46. The molecule has 3 unspecified atom stereocenters. The SMILES string of the molecule is CC1NNC(O)C1c1ccccc1. The van der Waals surface area contributed by atoms with E-state index in [1.165, 1.54) is 5.56 Å². The van der Waals surface area contributed by atoms with Gasteiger partial charge in [0, 0.05) is 12.0 Å². The van der Waals surface area contributed by atoms with Crippen LogP contribution in [0, 0.1) is 0 Å². The molecule has 0 aromatic heterocycles. The molecule has 3 N–H and O–H groups in total. The molecule has 1 aliphatic heterocycles. The van der Waals surface area contributed by atoms with Crippen LogP contribution in [-0.2, 0) is 0 Å². The van der Waals surface area contributed by atoms with Crippen LogP contribution >= 0.6 is 0 Å². The molecule has 3 heteroatoms. The molecule has 0 spiro atoms. The first kappa shape index (κ1) is 8.69. The highest BCUT2D eigenvalue weighted by molar-refractivity contribution is 5.23. The van der Waals surface area contributed by atoms with E-state index < -0.39 is 6.23 Å². The molecule has 1 fully saturated rings. The highest BCUT2D eigenvalue weighted by Crippen LogP contribution is 2.25. The lowest BCUT2D eigenvalue weighted by Gasteiger charge is -2.16. The van der Waals surface area contributed by atoms with Gasteiger partial charge in [0.15, 0.2) is 0 Å². The fourth-order valence-corrected chi connectivity index (χ4v) is 1.82. The predicted molar refractivity (Wildman–Crippen MR) is 50.9 cm³/mol. The van der Waals surface area contributed by atoms with Crippen molar-refractivity contribution in [1.29, 1.82) is 0 Å². The molecule has 0 aliphatic carbocycles. The van der Waals surface area contributed by atoms with Gasteiger partial charge >= 0.3 is 0 Å². The summed E-state index contributed by atoms with van der Waals surface area (Å²) in [4.78, 5) is 0. The van der Waals surface area contributed by atoms with Gasteiger partial charge in [-0.3, -0.25) is 5.43 Å². The lowest BCUT2D eigenvalue weighted by Crippen LogP contribution is -2.31. The smallest absolute Gasteiger partial charge is 0.125 e. The number of hydrogen-bond acceptors (Lipinski definition) is 3. The molecule has 0 saturated carbocycles. The van der Waals surface area contributed by atoms with Gasteiger partial charge in [-0.2, -0.15) is 0 Å². The fraction of sp³-hybridized carbons (Fsp3) is 0.400. The Bertz CT molecular complexity index is 266. The number of hydrogen-bond donors (Lipinski definition) is 3. The number of nitrogens with one attached hydrogen (secondary N) is 2. The molecule has 0 bridgehead atoms. The summed E-state index contributed by atoms with van der Waals surface area (Å²) in [5.74, 6) is 0.140. The summed E-state index contributed by atoms with van der Waals surface area (Å²) in [5, 5.41) is 9.64. The Labute approximate surface area is 77.7 Å². The maximum atomic E-state index is 9.64. The Hall–Kier alpha value is -0.900. The molecular weight excluding hydrogens is 164 g/mol. The van der Waals surface area contributed by atoms with Crippen LogP contribution in [0.25, 0.3) is 0 Å². The van der Waals surface area contributed by atoms with E-state index in [1.54, 1.807) is 0 Å². The zero-order valence-corrected chi connectivity index (χ0v) is 7.57. The maximum Gasteiger partial charge on any atom is 0.125 e. The molecular formula is C10H14N2O. The summed E-state index contributed by atoms with van der Waals surface area (Å²) in [6.07, 6.45) is -0.489. The normalized spacial score (nSPS) is 33.5. The van der Waals surface area contributed by atoms with Gasteiger partial charge in [0.1, 0.15) is 6.23 Å². The number of aliphatic hydroxyl groups is 1. The molecule has 0 amide bonds. The minimum Gasteiger partial charge on any atom is -0.377 e. The first-order valence-corrected chi connectivity index (χ1v) is 4.53. The lowest BCUT2D eigenvalue weighted by atomic mass is 9.93. The van der Waals surface area contributed by atoms with Crippen LogP contribution in [-0.4, -0.2) is 17.4 Å². The van der Waals surface area contributed by atoms with Gasteiger partial charge in [-0.15, -0.1) is 0 Å². The van der Waals surface area contributed by atoms with Crippen LogP contribution in [0.2, 0.25) is 0 Å². The largest absolute Gasteiger partial charge is 0.377 e. The molecule has 1 heterocycles. The Morgan fingerprint density at radius 3 is 2.38 bits per heavy atom. The monoisotopic (exact) mass is 178 g/mol. The Morgan fingerprint density at radius 1 is 1.15 bits per heavy atom. The van der Waals surface area contributed by atoms with Crippen molar-refractivity contribution < 1.29 is 5.11 Å². The van der Waals surface area contributed by atoms with Crippen molar-refractivity contribution >= 4 is 0 Å². The average molecular weight is 178 g/mol. The molecule has 13 heavy (non-hydrogen) atoms. The van der Waals surface area contributed by atoms with E-state index in [2.05, 4.69) is 17.8 Å². The maximum absolute atomic E-state index is 9.64. The standard InChI is InChI=1S/C10H14N2O/c1-7-9(10(13)12-11-7)8-5-3-2-4-6-8/h2-7,9-13H,1H3. The van der Waals surface area contributed by atoms with Crippen LogP contribution in [0.5, 0.6) is 0 Å². The highest BCUT2D eigenvalue weighted by atomic mass is 16.3. The number of rotatable bonds is 1. The Morgan fingerprint density at radius 2 is 1.85 bits per heavy atom. The third-order valence-corrected chi connectivity index (χ3v) is 2.52. The molecule has 3 nitrogen and oxygen atoms in total. The molecule has 1 saturated heterocycles. The first-order chi connectivity index (χ1) is 6.29. The molecule has 1 aliphatic rings. The summed E-state index contributed by atoms with van der Waals surface area (Å²) in [7, 11) is 0. The van der Waals surface area contributed by atoms with Gasteiger partial charge in [-0.1, -0.05) is 30.3 Å². The van der Waals surface area contributed by atoms with Gasteiger partial charge in [-0.25, -0.2) is 5.43 Å².